The third kappa shape index (κ3) is 2.32. The number of carbonyl (C=O) groups is 1. The minimum absolute atomic E-state index is 0.162. The van der Waals surface area contributed by atoms with Crippen LogP contribution in [0, 0.1) is 6.92 Å². The number of allylic oxidation sites excluding steroid dienone is 2. The Labute approximate surface area is 145 Å². The molecule has 1 aliphatic carbocycles. The molecule has 0 unspecified atom stereocenters. The number of para-hydroxylation sites is 1. The Morgan fingerprint density at radius 3 is 2.84 bits per heavy atom. The van der Waals surface area contributed by atoms with Gasteiger partial charge >= 0.3 is 0 Å². The minimum atomic E-state index is -0.268. The van der Waals surface area contributed by atoms with Crippen LogP contribution in [0.4, 0.5) is 5.88 Å². The van der Waals surface area contributed by atoms with E-state index >= 15 is 0 Å². The molecule has 0 saturated heterocycles. The van der Waals surface area contributed by atoms with Crippen LogP contribution in [0.15, 0.2) is 34.0 Å². The molecular weight excluding hydrogens is 320 g/mol. The summed E-state index contributed by atoms with van der Waals surface area (Å²) in [6, 6.07) is 5.73. The zero-order valence-corrected chi connectivity index (χ0v) is 14.5. The van der Waals surface area contributed by atoms with Crippen LogP contribution >= 0.6 is 0 Å². The second kappa shape index (κ2) is 5.95. The first-order valence-electron chi connectivity index (χ1n) is 8.36. The monoisotopic (exact) mass is 340 g/mol. The van der Waals surface area contributed by atoms with E-state index < -0.39 is 0 Å². The number of aryl methyl sites for hydroxylation is 1. The van der Waals surface area contributed by atoms with Crippen molar-refractivity contribution in [1.29, 1.82) is 0 Å². The highest BCUT2D eigenvalue weighted by molar-refractivity contribution is 6.01. The molecule has 1 atom stereocenters. The summed E-state index contributed by atoms with van der Waals surface area (Å²) < 4.78 is 16.6. The second-order valence-corrected chi connectivity index (χ2v) is 6.32. The van der Waals surface area contributed by atoms with E-state index in [-0.39, 0.29) is 11.7 Å². The Morgan fingerprint density at radius 2 is 2.08 bits per heavy atom. The molecule has 4 rings (SSSR count). The van der Waals surface area contributed by atoms with Gasteiger partial charge in [0.15, 0.2) is 17.3 Å². The number of carbonyl (C=O) groups excluding carboxylic acids is 1. The Kier molecular flexibility index (Phi) is 3.75. The standard InChI is InChI=1S/C19H20N2O4/c1-10-15-16(11-6-4-9-14(23-2)18(11)24-3)17-12(7-5-8-13(17)22)20-19(15)25-21-10/h4,6,9,16,20H,5,7-8H2,1-3H3/t16-/m0/s1. The molecule has 6 heteroatoms. The van der Waals surface area contributed by atoms with Gasteiger partial charge in [-0.05, 0) is 25.8 Å². The lowest BCUT2D eigenvalue weighted by Gasteiger charge is -2.32. The number of anilines is 1. The summed E-state index contributed by atoms with van der Waals surface area (Å²) in [5.74, 6) is 1.78. The molecule has 0 saturated carbocycles. The van der Waals surface area contributed by atoms with Crippen molar-refractivity contribution in [2.45, 2.75) is 32.1 Å². The molecular formula is C19H20N2O4. The summed E-state index contributed by atoms with van der Waals surface area (Å²) in [7, 11) is 3.22. The van der Waals surface area contributed by atoms with Crippen LogP contribution < -0.4 is 14.8 Å². The van der Waals surface area contributed by atoms with Gasteiger partial charge in [0, 0.05) is 23.3 Å². The molecule has 130 valence electrons. The molecule has 6 nitrogen and oxygen atoms in total. The topological polar surface area (TPSA) is 73.6 Å². The van der Waals surface area contributed by atoms with Gasteiger partial charge in [-0.2, -0.15) is 0 Å². The molecule has 0 radical (unpaired) electrons. The maximum atomic E-state index is 12.8. The summed E-state index contributed by atoms with van der Waals surface area (Å²) in [5.41, 5.74) is 4.26. The highest BCUT2D eigenvalue weighted by Gasteiger charge is 2.40. The van der Waals surface area contributed by atoms with E-state index in [2.05, 4.69) is 10.5 Å². The van der Waals surface area contributed by atoms with Gasteiger partial charge in [-0.1, -0.05) is 17.3 Å². The van der Waals surface area contributed by atoms with Crippen molar-refractivity contribution < 1.29 is 18.8 Å². The number of hydrogen-bond acceptors (Lipinski definition) is 6. The van der Waals surface area contributed by atoms with Crippen LogP contribution in [0.2, 0.25) is 0 Å². The number of rotatable bonds is 3. The summed E-state index contributed by atoms with van der Waals surface area (Å²) in [6.07, 6.45) is 2.22. The quantitative estimate of drug-likeness (QED) is 0.921. The average Bonchev–Trinajstić information content (AvgIpc) is 3.00. The van der Waals surface area contributed by atoms with Gasteiger partial charge in [-0.25, -0.2) is 0 Å². The number of nitrogens with one attached hydrogen (secondary N) is 1. The fourth-order valence-corrected chi connectivity index (χ4v) is 3.87. The van der Waals surface area contributed by atoms with Crippen molar-refractivity contribution in [2.75, 3.05) is 19.5 Å². The lowest BCUT2D eigenvalue weighted by molar-refractivity contribution is -0.116. The van der Waals surface area contributed by atoms with E-state index in [0.29, 0.717) is 23.8 Å². The first-order valence-corrected chi connectivity index (χ1v) is 8.36. The Hall–Kier alpha value is -2.76. The fourth-order valence-electron chi connectivity index (χ4n) is 3.87. The average molecular weight is 340 g/mol. The molecule has 2 heterocycles. The first kappa shape index (κ1) is 15.7. The van der Waals surface area contributed by atoms with Gasteiger partial charge in [0.2, 0.25) is 5.88 Å². The third-order valence-corrected chi connectivity index (χ3v) is 4.95. The number of Topliss-reactive ketones (excluding diaryl/α,β-unsaturated/α-hetero) is 1. The number of benzene rings is 1. The zero-order chi connectivity index (χ0) is 17.6. The molecule has 2 aromatic rings. The molecule has 25 heavy (non-hydrogen) atoms. The SMILES string of the molecule is COc1cccc([C@@H]2C3=C(CCCC3=O)Nc3onc(C)c32)c1OC. The predicted octanol–water partition coefficient (Wildman–Crippen LogP) is 3.56. The molecule has 0 amide bonds. The summed E-state index contributed by atoms with van der Waals surface area (Å²) in [4.78, 5) is 12.8. The maximum absolute atomic E-state index is 12.8. The third-order valence-electron chi connectivity index (χ3n) is 4.95. The van der Waals surface area contributed by atoms with Gasteiger partial charge in [0.05, 0.1) is 31.4 Å². The maximum Gasteiger partial charge on any atom is 0.233 e. The van der Waals surface area contributed by atoms with Crippen molar-refractivity contribution in [1.82, 2.24) is 5.16 Å². The van der Waals surface area contributed by atoms with Crippen molar-refractivity contribution in [3.05, 3.63) is 46.3 Å². The summed E-state index contributed by atoms with van der Waals surface area (Å²) in [5, 5.41) is 7.38. The van der Waals surface area contributed by atoms with Crippen molar-refractivity contribution in [3.8, 4) is 11.5 Å². The van der Waals surface area contributed by atoms with Crippen LogP contribution in [-0.4, -0.2) is 25.2 Å². The van der Waals surface area contributed by atoms with Crippen molar-refractivity contribution in [3.63, 3.8) is 0 Å². The second-order valence-electron chi connectivity index (χ2n) is 6.32. The van der Waals surface area contributed by atoms with E-state index in [1.54, 1.807) is 14.2 Å². The number of aromatic nitrogens is 1. The van der Waals surface area contributed by atoms with Crippen LogP contribution in [-0.2, 0) is 4.79 Å². The molecule has 1 aromatic carbocycles. The Bertz CT molecular complexity index is 882. The first-order chi connectivity index (χ1) is 12.2. The van der Waals surface area contributed by atoms with Crippen LogP contribution in [0.5, 0.6) is 11.5 Å². The van der Waals surface area contributed by atoms with Crippen LogP contribution in [0.25, 0.3) is 0 Å². The summed E-state index contributed by atoms with van der Waals surface area (Å²) >= 11 is 0. The van der Waals surface area contributed by atoms with Crippen molar-refractivity contribution in [2.24, 2.45) is 0 Å². The number of methoxy groups -OCH3 is 2. The van der Waals surface area contributed by atoms with Crippen LogP contribution in [0.3, 0.4) is 0 Å². The Morgan fingerprint density at radius 1 is 1.24 bits per heavy atom. The molecule has 1 aromatic heterocycles. The lowest BCUT2D eigenvalue weighted by Crippen LogP contribution is -2.26. The molecule has 0 fully saturated rings. The van der Waals surface area contributed by atoms with Crippen molar-refractivity contribution >= 4 is 11.7 Å². The molecule has 1 N–H and O–H groups in total. The fraction of sp³-hybridized carbons (Fsp3) is 0.368. The molecule has 2 aliphatic rings. The zero-order valence-electron chi connectivity index (χ0n) is 14.5. The minimum Gasteiger partial charge on any atom is -0.493 e. The van der Waals surface area contributed by atoms with Gasteiger partial charge in [-0.3, -0.25) is 4.79 Å². The van der Waals surface area contributed by atoms with Gasteiger partial charge in [0.25, 0.3) is 0 Å². The number of ketones is 1. The molecule has 0 spiro atoms. The number of hydrogen-bond donors (Lipinski definition) is 1. The number of fused-ring (bicyclic) bond motifs is 1. The molecule has 1 aliphatic heterocycles. The largest absolute Gasteiger partial charge is 0.493 e. The summed E-state index contributed by atoms with van der Waals surface area (Å²) in [6.45, 7) is 1.89. The normalized spacial score (nSPS) is 19.2. The Balaban J connectivity index is 1.99. The van der Waals surface area contributed by atoms with Gasteiger partial charge in [0.1, 0.15) is 0 Å². The van der Waals surface area contributed by atoms with Gasteiger partial charge in [-0.15, -0.1) is 0 Å². The van der Waals surface area contributed by atoms with Crippen LogP contribution in [0.1, 0.15) is 42.0 Å². The van der Waals surface area contributed by atoms with E-state index in [4.69, 9.17) is 14.0 Å². The smallest absolute Gasteiger partial charge is 0.233 e. The lowest BCUT2D eigenvalue weighted by atomic mass is 9.76. The number of nitrogens with zero attached hydrogens (tertiary/aromatic N) is 1. The predicted molar refractivity (Wildman–Crippen MR) is 92.1 cm³/mol. The van der Waals surface area contributed by atoms with E-state index in [1.165, 1.54) is 0 Å². The highest BCUT2D eigenvalue weighted by Crippen LogP contribution is 2.50. The number of ether oxygens (including phenoxy) is 2. The van der Waals surface area contributed by atoms with E-state index in [1.807, 2.05) is 25.1 Å². The van der Waals surface area contributed by atoms with E-state index in [0.717, 1.165) is 40.9 Å². The molecule has 0 bridgehead atoms. The highest BCUT2D eigenvalue weighted by atomic mass is 16.5. The van der Waals surface area contributed by atoms with Gasteiger partial charge < -0.3 is 19.3 Å². The van der Waals surface area contributed by atoms with E-state index in [9.17, 15) is 4.79 Å².